The summed E-state index contributed by atoms with van der Waals surface area (Å²) in [4.78, 5) is 23.3. The molecule has 0 saturated carbocycles. The predicted molar refractivity (Wildman–Crippen MR) is 50.0 cm³/mol. The first kappa shape index (κ1) is 12.4. The van der Waals surface area contributed by atoms with Crippen LogP contribution in [0.1, 0.15) is 13.8 Å². The number of carbonyl (C=O) groups is 2. The number of urea groups is 1. The Bertz CT molecular complexity index is 259. The third-order valence-electron chi connectivity index (χ3n) is 1.85. The molecule has 3 amide bonds. The number of carbonyl (C=O) groups excluding carboxylic acids is 2. The zero-order valence-electron chi connectivity index (χ0n) is 8.28. The van der Waals surface area contributed by atoms with E-state index in [0.717, 1.165) is 0 Å². The Morgan fingerprint density at radius 2 is 2.21 bits per heavy atom. The zero-order chi connectivity index (χ0) is 11.1. The maximum atomic E-state index is 11.3. The zero-order valence-corrected chi connectivity index (χ0v) is 8.28. The van der Waals surface area contributed by atoms with E-state index in [9.17, 15) is 9.59 Å². The topological polar surface area (TPSA) is 99.2 Å². The van der Waals surface area contributed by atoms with Gasteiger partial charge in [-0.25, -0.2) is 4.79 Å². The summed E-state index contributed by atoms with van der Waals surface area (Å²) in [5.74, 6) is -0.491. The van der Waals surface area contributed by atoms with Crippen molar-refractivity contribution in [3.8, 4) is 6.07 Å². The molecule has 78 valence electrons. The first-order valence-electron chi connectivity index (χ1n) is 4.24. The molecule has 0 aromatic carbocycles. The number of imide groups is 1. The molecule has 1 atom stereocenters. The van der Waals surface area contributed by atoms with Crippen molar-refractivity contribution in [3.05, 3.63) is 0 Å². The van der Waals surface area contributed by atoms with E-state index in [0.29, 0.717) is 6.54 Å². The third kappa shape index (κ3) is 3.87. The molecule has 0 aliphatic rings. The maximum Gasteiger partial charge on any atom is 0.318 e. The van der Waals surface area contributed by atoms with Gasteiger partial charge in [0.15, 0.2) is 0 Å². The number of nitrogens with one attached hydrogen (secondary N) is 1. The van der Waals surface area contributed by atoms with Gasteiger partial charge in [-0.3, -0.25) is 15.0 Å². The van der Waals surface area contributed by atoms with Gasteiger partial charge in [-0.1, -0.05) is 6.92 Å². The Hall–Kier alpha value is -1.61. The average Bonchev–Trinajstić information content (AvgIpc) is 2.12. The van der Waals surface area contributed by atoms with E-state index in [1.165, 1.54) is 0 Å². The van der Waals surface area contributed by atoms with Gasteiger partial charge in [-0.2, -0.15) is 5.26 Å². The molecule has 6 heteroatoms. The smallest absolute Gasteiger partial charge is 0.318 e. The Labute approximate surface area is 82.7 Å². The molecular formula is C8H14N4O2. The minimum atomic E-state index is -0.880. The number of nitriles is 1. The predicted octanol–water partition coefficient (Wildman–Crippen LogP) is -0.585. The van der Waals surface area contributed by atoms with Crippen LogP contribution in [0.15, 0.2) is 0 Å². The van der Waals surface area contributed by atoms with Crippen molar-refractivity contribution >= 4 is 11.9 Å². The summed E-state index contributed by atoms with van der Waals surface area (Å²) in [5, 5.41) is 10.4. The van der Waals surface area contributed by atoms with E-state index in [1.54, 1.807) is 11.8 Å². The molecule has 0 radical (unpaired) electrons. The second kappa shape index (κ2) is 5.94. The lowest BCUT2D eigenvalue weighted by molar-refractivity contribution is -0.124. The molecule has 6 nitrogen and oxygen atoms in total. The summed E-state index contributed by atoms with van der Waals surface area (Å²) in [6.07, 6.45) is 0. The van der Waals surface area contributed by atoms with Crippen LogP contribution in [0.5, 0.6) is 0 Å². The number of rotatable bonds is 4. The second-order valence-corrected chi connectivity index (χ2v) is 2.75. The van der Waals surface area contributed by atoms with Crippen LogP contribution >= 0.6 is 0 Å². The molecule has 0 aliphatic carbocycles. The van der Waals surface area contributed by atoms with Crippen LogP contribution in [-0.4, -0.2) is 36.0 Å². The van der Waals surface area contributed by atoms with Crippen molar-refractivity contribution in [1.29, 1.82) is 5.26 Å². The lowest BCUT2D eigenvalue weighted by Gasteiger charge is -2.23. The van der Waals surface area contributed by atoms with Gasteiger partial charge >= 0.3 is 6.03 Å². The largest absolute Gasteiger partial charge is 0.351 e. The molecule has 0 saturated heterocycles. The fourth-order valence-corrected chi connectivity index (χ4v) is 1.01. The molecular weight excluding hydrogens is 184 g/mol. The highest BCUT2D eigenvalue weighted by molar-refractivity contribution is 5.96. The molecule has 3 N–H and O–H groups in total. The lowest BCUT2D eigenvalue weighted by atomic mass is 10.2. The van der Waals surface area contributed by atoms with Gasteiger partial charge in [-0.15, -0.1) is 0 Å². The number of hydrogen-bond donors (Lipinski definition) is 2. The first-order chi connectivity index (χ1) is 6.52. The molecule has 0 aromatic heterocycles. The molecule has 0 fully saturated rings. The lowest BCUT2D eigenvalue weighted by Crippen LogP contribution is -2.48. The van der Waals surface area contributed by atoms with Gasteiger partial charge in [-0.05, 0) is 13.5 Å². The van der Waals surface area contributed by atoms with E-state index < -0.39 is 18.0 Å². The Kier molecular flexibility index (Phi) is 5.26. The van der Waals surface area contributed by atoms with Crippen LogP contribution in [0.3, 0.4) is 0 Å². The Balaban J connectivity index is 4.27. The molecule has 0 bridgehead atoms. The van der Waals surface area contributed by atoms with E-state index in [1.807, 2.05) is 18.3 Å². The summed E-state index contributed by atoms with van der Waals surface area (Å²) < 4.78 is 0. The summed E-state index contributed by atoms with van der Waals surface area (Å²) in [6, 6.07) is 0.523. The number of amides is 3. The summed E-state index contributed by atoms with van der Waals surface area (Å²) in [7, 11) is 0. The van der Waals surface area contributed by atoms with Crippen molar-refractivity contribution in [2.24, 2.45) is 5.73 Å². The molecule has 0 aliphatic heterocycles. The summed E-state index contributed by atoms with van der Waals surface area (Å²) in [5.41, 5.74) is 4.79. The maximum absolute atomic E-state index is 11.3. The van der Waals surface area contributed by atoms with Crippen LogP contribution in [0.2, 0.25) is 0 Å². The number of nitrogens with zero attached hydrogens (tertiary/aromatic N) is 2. The Morgan fingerprint density at radius 1 is 1.64 bits per heavy atom. The van der Waals surface area contributed by atoms with E-state index in [2.05, 4.69) is 0 Å². The van der Waals surface area contributed by atoms with E-state index in [4.69, 9.17) is 11.0 Å². The van der Waals surface area contributed by atoms with Crippen molar-refractivity contribution in [2.45, 2.75) is 19.9 Å². The second-order valence-electron chi connectivity index (χ2n) is 2.75. The van der Waals surface area contributed by atoms with Crippen LogP contribution in [0.4, 0.5) is 4.79 Å². The highest BCUT2D eigenvalue weighted by Crippen LogP contribution is 1.97. The van der Waals surface area contributed by atoms with Crippen molar-refractivity contribution in [1.82, 2.24) is 10.2 Å². The molecule has 0 rings (SSSR count). The quantitative estimate of drug-likeness (QED) is 0.590. The monoisotopic (exact) mass is 198 g/mol. The fraction of sp³-hybridized carbons (Fsp3) is 0.625. The minimum absolute atomic E-state index is 0.143. The van der Waals surface area contributed by atoms with Crippen LogP contribution in [0, 0.1) is 11.3 Å². The fourth-order valence-electron chi connectivity index (χ4n) is 1.01. The average molecular weight is 198 g/mol. The molecule has 1 unspecified atom stereocenters. The molecule has 0 heterocycles. The van der Waals surface area contributed by atoms with Gasteiger partial charge in [0.05, 0.1) is 18.7 Å². The van der Waals surface area contributed by atoms with E-state index in [-0.39, 0.29) is 6.54 Å². The van der Waals surface area contributed by atoms with E-state index >= 15 is 0 Å². The third-order valence-corrected chi connectivity index (χ3v) is 1.85. The van der Waals surface area contributed by atoms with Gasteiger partial charge in [0, 0.05) is 0 Å². The van der Waals surface area contributed by atoms with Crippen molar-refractivity contribution in [2.75, 3.05) is 13.1 Å². The number of nitrogens with two attached hydrogens (primary N) is 1. The highest BCUT2D eigenvalue weighted by Gasteiger charge is 2.20. The number of likely N-dealkylation sites (N-methyl/N-ethyl adjacent to an activating group) is 1. The van der Waals surface area contributed by atoms with Gasteiger partial charge in [0.1, 0.15) is 0 Å². The number of hydrogen-bond acceptors (Lipinski definition) is 4. The molecule has 0 spiro atoms. The SMILES string of the molecule is CCN(CC#N)C(C)C(=O)NC(N)=O. The van der Waals surface area contributed by atoms with Crippen LogP contribution in [-0.2, 0) is 4.79 Å². The van der Waals surface area contributed by atoms with Crippen molar-refractivity contribution < 1.29 is 9.59 Å². The summed E-state index contributed by atoms with van der Waals surface area (Å²) >= 11 is 0. The highest BCUT2D eigenvalue weighted by atomic mass is 16.2. The van der Waals surface area contributed by atoms with Crippen molar-refractivity contribution in [3.63, 3.8) is 0 Å². The minimum Gasteiger partial charge on any atom is -0.351 e. The van der Waals surface area contributed by atoms with Gasteiger partial charge in [0.25, 0.3) is 0 Å². The van der Waals surface area contributed by atoms with Crippen LogP contribution < -0.4 is 11.1 Å². The van der Waals surface area contributed by atoms with Crippen LogP contribution in [0.25, 0.3) is 0 Å². The molecule has 14 heavy (non-hydrogen) atoms. The standard InChI is InChI=1S/C8H14N4O2/c1-3-12(5-4-9)6(2)7(13)11-8(10)14/h6H,3,5H2,1-2H3,(H3,10,11,13,14). The first-order valence-corrected chi connectivity index (χ1v) is 4.24. The number of primary amides is 1. The Morgan fingerprint density at radius 3 is 2.57 bits per heavy atom. The molecule has 0 aromatic rings. The van der Waals surface area contributed by atoms with Gasteiger partial charge in [0.2, 0.25) is 5.91 Å². The van der Waals surface area contributed by atoms with Gasteiger partial charge < -0.3 is 5.73 Å². The summed E-state index contributed by atoms with van der Waals surface area (Å²) in [6.45, 7) is 4.13. The normalized spacial score (nSPS) is 11.9.